The Bertz CT molecular complexity index is 916. The molecule has 2 aromatic carbocycles. The number of rotatable bonds is 4. The number of carbonyl (C=O) groups excluding carboxylic acids is 1. The predicted molar refractivity (Wildman–Crippen MR) is 91.6 cm³/mol. The standard InChI is InChI=1S/C16H11ClN4OS/c17-11-4-5-13-14(7-11)21-16(20-13)23-9-15(22)19-12-3-1-2-10(6-12)8-18/h1-7H,9H2,(H,19,22)(H,20,21). The number of halogens is 1. The first-order chi connectivity index (χ1) is 11.1. The summed E-state index contributed by atoms with van der Waals surface area (Å²) in [5, 5.41) is 12.9. The Morgan fingerprint density at radius 1 is 1.35 bits per heavy atom. The lowest BCUT2D eigenvalue weighted by molar-refractivity contribution is -0.113. The molecule has 7 heteroatoms. The van der Waals surface area contributed by atoms with E-state index >= 15 is 0 Å². The minimum Gasteiger partial charge on any atom is -0.333 e. The Labute approximate surface area is 141 Å². The van der Waals surface area contributed by atoms with Gasteiger partial charge in [-0.3, -0.25) is 4.79 Å². The maximum absolute atomic E-state index is 12.0. The van der Waals surface area contributed by atoms with Gasteiger partial charge in [-0.25, -0.2) is 4.98 Å². The molecular weight excluding hydrogens is 332 g/mol. The SMILES string of the molecule is N#Cc1cccc(NC(=O)CSc2nc3cc(Cl)ccc3[nH]2)c1. The first kappa shape index (κ1) is 15.4. The number of anilines is 1. The summed E-state index contributed by atoms with van der Waals surface area (Å²) in [7, 11) is 0. The molecule has 1 amide bonds. The van der Waals surface area contributed by atoms with E-state index in [1.807, 2.05) is 12.1 Å². The molecule has 0 unspecified atom stereocenters. The van der Waals surface area contributed by atoms with Gasteiger partial charge in [-0.2, -0.15) is 5.26 Å². The van der Waals surface area contributed by atoms with E-state index in [-0.39, 0.29) is 11.7 Å². The monoisotopic (exact) mass is 342 g/mol. The minimum atomic E-state index is -0.163. The van der Waals surface area contributed by atoms with Crippen LogP contribution in [0.5, 0.6) is 0 Å². The van der Waals surface area contributed by atoms with Gasteiger partial charge >= 0.3 is 0 Å². The van der Waals surface area contributed by atoms with Crippen LogP contribution in [0.15, 0.2) is 47.6 Å². The van der Waals surface area contributed by atoms with Gasteiger partial charge in [0.2, 0.25) is 5.91 Å². The third-order valence-electron chi connectivity index (χ3n) is 3.04. The number of benzene rings is 2. The van der Waals surface area contributed by atoms with Crippen LogP contribution in [0.3, 0.4) is 0 Å². The quantitative estimate of drug-likeness (QED) is 0.706. The molecule has 3 aromatic rings. The third kappa shape index (κ3) is 3.83. The Morgan fingerprint density at radius 3 is 3.04 bits per heavy atom. The van der Waals surface area contributed by atoms with Gasteiger partial charge in [-0.1, -0.05) is 29.4 Å². The highest BCUT2D eigenvalue weighted by molar-refractivity contribution is 7.99. The summed E-state index contributed by atoms with van der Waals surface area (Å²) in [5.41, 5.74) is 2.75. The average molecular weight is 343 g/mol. The summed E-state index contributed by atoms with van der Waals surface area (Å²) >= 11 is 7.23. The van der Waals surface area contributed by atoms with E-state index in [9.17, 15) is 4.79 Å². The van der Waals surface area contributed by atoms with E-state index in [0.717, 1.165) is 11.0 Å². The number of aromatic amines is 1. The Kier molecular flexibility index (Phi) is 4.51. The lowest BCUT2D eigenvalue weighted by Crippen LogP contribution is -2.14. The topological polar surface area (TPSA) is 81.6 Å². The zero-order valence-electron chi connectivity index (χ0n) is 11.8. The molecule has 0 spiro atoms. The molecule has 0 saturated heterocycles. The van der Waals surface area contributed by atoms with Gasteiger partial charge < -0.3 is 10.3 Å². The molecule has 0 radical (unpaired) electrons. The summed E-state index contributed by atoms with van der Waals surface area (Å²) in [6.07, 6.45) is 0. The number of amides is 1. The zero-order chi connectivity index (χ0) is 16.2. The van der Waals surface area contributed by atoms with E-state index in [1.165, 1.54) is 11.8 Å². The highest BCUT2D eigenvalue weighted by atomic mass is 35.5. The lowest BCUT2D eigenvalue weighted by Gasteiger charge is -2.04. The number of thioether (sulfide) groups is 1. The van der Waals surface area contributed by atoms with Crippen LogP contribution in [0.25, 0.3) is 11.0 Å². The highest BCUT2D eigenvalue weighted by Gasteiger charge is 2.08. The number of nitrogens with one attached hydrogen (secondary N) is 2. The van der Waals surface area contributed by atoms with Crippen molar-refractivity contribution >= 4 is 46.0 Å². The molecule has 2 N–H and O–H groups in total. The van der Waals surface area contributed by atoms with Crippen molar-refractivity contribution in [2.75, 3.05) is 11.1 Å². The maximum atomic E-state index is 12.0. The van der Waals surface area contributed by atoms with Gasteiger partial charge in [-0.15, -0.1) is 0 Å². The fraction of sp³-hybridized carbons (Fsp3) is 0.0625. The number of carbonyl (C=O) groups is 1. The molecule has 0 bridgehead atoms. The Morgan fingerprint density at radius 2 is 2.22 bits per heavy atom. The number of H-pyrrole nitrogens is 1. The number of hydrogen-bond donors (Lipinski definition) is 2. The van der Waals surface area contributed by atoms with Crippen LogP contribution in [0.1, 0.15) is 5.56 Å². The van der Waals surface area contributed by atoms with Gasteiger partial charge in [0, 0.05) is 10.7 Å². The summed E-state index contributed by atoms with van der Waals surface area (Å²) in [6.45, 7) is 0. The van der Waals surface area contributed by atoms with Crippen molar-refractivity contribution in [3.8, 4) is 6.07 Å². The molecule has 0 aliphatic rings. The molecule has 1 heterocycles. The first-order valence-corrected chi connectivity index (χ1v) is 8.08. The molecule has 0 fully saturated rings. The smallest absolute Gasteiger partial charge is 0.234 e. The first-order valence-electron chi connectivity index (χ1n) is 6.72. The van der Waals surface area contributed by atoms with Crippen molar-refractivity contribution in [2.45, 2.75) is 5.16 Å². The van der Waals surface area contributed by atoms with Crippen LogP contribution in [0.2, 0.25) is 5.02 Å². The molecule has 3 rings (SSSR count). The average Bonchev–Trinajstić information content (AvgIpc) is 2.95. The summed E-state index contributed by atoms with van der Waals surface area (Å²) in [5.74, 6) is 0.0493. The van der Waals surface area contributed by atoms with E-state index in [2.05, 4.69) is 15.3 Å². The molecule has 1 aromatic heterocycles. The van der Waals surface area contributed by atoms with E-state index in [1.54, 1.807) is 36.4 Å². The second-order valence-electron chi connectivity index (χ2n) is 4.73. The molecule has 5 nitrogen and oxygen atoms in total. The van der Waals surface area contributed by atoms with Crippen molar-refractivity contribution in [3.05, 3.63) is 53.1 Å². The summed E-state index contributed by atoms with van der Waals surface area (Å²) in [4.78, 5) is 19.5. The number of nitrogens with zero attached hydrogens (tertiary/aromatic N) is 2. The number of hydrogen-bond acceptors (Lipinski definition) is 4. The molecule has 23 heavy (non-hydrogen) atoms. The van der Waals surface area contributed by atoms with Crippen LogP contribution < -0.4 is 5.32 Å². The Balaban J connectivity index is 1.62. The molecular formula is C16H11ClN4OS. The van der Waals surface area contributed by atoms with Crippen LogP contribution in [-0.2, 0) is 4.79 Å². The lowest BCUT2D eigenvalue weighted by atomic mass is 10.2. The Hall–Kier alpha value is -2.49. The molecule has 0 aliphatic carbocycles. The number of fused-ring (bicyclic) bond motifs is 1. The van der Waals surface area contributed by atoms with Crippen molar-refractivity contribution in [2.24, 2.45) is 0 Å². The summed E-state index contributed by atoms with van der Waals surface area (Å²) in [6, 6.07) is 14.2. The van der Waals surface area contributed by atoms with Gasteiger partial charge in [0.25, 0.3) is 0 Å². The van der Waals surface area contributed by atoms with Crippen LogP contribution in [0.4, 0.5) is 5.69 Å². The summed E-state index contributed by atoms with van der Waals surface area (Å²) < 4.78 is 0. The largest absolute Gasteiger partial charge is 0.333 e. The number of nitriles is 1. The van der Waals surface area contributed by atoms with Crippen molar-refractivity contribution in [1.29, 1.82) is 5.26 Å². The van der Waals surface area contributed by atoms with Gasteiger partial charge in [-0.05, 0) is 36.4 Å². The number of aromatic nitrogens is 2. The fourth-order valence-electron chi connectivity index (χ4n) is 2.02. The minimum absolute atomic E-state index is 0.163. The fourth-order valence-corrected chi connectivity index (χ4v) is 2.87. The van der Waals surface area contributed by atoms with Crippen molar-refractivity contribution in [1.82, 2.24) is 9.97 Å². The third-order valence-corrected chi connectivity index (χ3v) is 4.15. The second kappa shape index (κ2) is 6.73. The van der Waals surface area contributed by atoms with Crippen molar-refractivity contribution in [3.63, 3.8) is 0 Å². The predicted octanol–water partition coefficient (Wildman–Crippen LogP) is 3.82. The van der Waals surface area contributed by atoms with E-state index in [0.29, 0.717) is 21.4 Å². The van der Waals surface area contributed by atoms with Gasteiger partial charge in [0.1, 0.15) is 0 Å². The molecule has 0 aliphatic heterocycles. The molecule has 0 saturated carbocycles. The molecule has 0 atom stereocenters. The van der Waals surface area contributed by atoms with Crippen LogP contribution >= 0.6 is 23.4 Å². The second-order valence-corrected chi connectivity index (χ2v) is 6.13. The van der Waals surface area contributed by atoms with Crippen LogP contribution in [-0.4, -0.2) is 21.6 Å². The van der Waals surface area contributed by atoms with E-state index in [4.69, 9.17) is 16.9 Å². The normalized spacial score (nSPS) is 10.4. The zero-order valence-corrected chi connectivity index (χ0v) is 13.4. The van der Waals surface area contributed by atoms with Gasteiger partial charge in [0.15, 0.2) is 5.16 Å². The van der Waals surface area contributed by atoms with Crippen molar-refractivity contribution < 1.29 is 4.79 Å². The molecule has 114 valence electrons. The van der Waals surface area contributed by atoms with E-state index < -0.39 is 0 Å². The maximum Gasteiger partial charge on any atom is 0.234 e. The van der Waals surface area contributed by atoms with Crippen LogP contribution in [0, 0.1) is 11.3 Å². The van der Waals surface area contributed by atoms with Gasteiger partial charge in [0.05, 0.1) is 28.4 Å². The number of imidazole rings is 1. The highest BCUT2D eigenvalue weighted by Crippen LogP contribution is 2.22.